The zero-order valence-corrected chi connectivity index (χ0v) is 52.9. The fraction of sp³-hybridized carbons (Fsp3) is 0.939. The molecule has 0 radical (unpaired) electrons. The van der Waals surface area contributed by atoms with Crippen molar-refractivity contribution in [2.24, 2.45) is 0 Å². The largest absolute Gasteiger partial charge is 2.00 e. The second-order valence-electron chi connectivity index (χ2n) is 22.7. The molecule has 75 heavy (non-hydrogen) atoms. The molecule has 0 bridgehead atoms. The van der Waals surface area contributed by atoms with Gasteiger partial charge in [0, 0.05) is 24.8 Å². The molecule has 0 rings (SSSR count). The Bertz CT molecular complexity index is 1080. The maximum absolute atomic E-state index is 12.3. The summed E-state index contributed by atoms with van der Waals surface area (Å²) in [5, 5.41) is 20.8. The van der Waals surface area contributed by atoms with Gasteiger partial charge >= 0.3 is 49.7 Å². The van der Waals surface area contributed by atoms with Crippen molar-refractivity contribution in [1.82, 2.24) is 0 Å². The Morgan fingerprint density at radius 3 is 0.640 bits per heavy atom. The number of carbonyl (C=O) groups excluding carboxylic acids is 4. The molecular formula is C66H126CaO8. The molecular weight excluding hydrogens is 961 g/mol. The molecule has 2 atom stereocenters. The Morgan fingerprint density at radius 2 is 0.440 bits per heavy atom. The maximum Gasteiger partial charge on any atom is 2.00 e. The Balaban J connectivity index is -0.00000136. The van der Waals surface area contributed by atoms with Crippen LogP contribution in [0.4, 0.5) is 0 Å². The number of unbranched alkanes of at least 4 members (excludes halogenated alkanes) is 42. The molecule has 0 saturated heterocycles. The van der Waals surface area contributed by atoms with Crippen molar-refractivity contribution in [3.8, 4) is 0 Å². The minimum absolute atomic E-state index is 0. The fourth-order valence-electron chi connectivity index (χ4n) is 10.3. The maximum atomic E-state index is 12.3. The molecule has 0 spiro atoms. The second-order valence-corrected chi connectivity index (χ2v) is 22.7. The number of hydrogen-bond donors (Lipinski definition) is 0. The molecule has 0 aromatic heterocycles. The van der Waals surface area contributed by atoms with Crippen LogP contribution in [0.1, 0.15) is 387 Å². The Kier molecular flexibility index (Phi) is 70.4. The van der Waals surface area contributed by atoms with E-state index < -0.39 is 11.9 Å². The van der Waals surface area contributed by atoms with E-state index in [4.69, 9.17) is 9.47 Å². The summed E-state index contributed by atoms with van der Waals surface area (Å²) in [7, 11) is 0. The number of ether oxygens (including phenoxy) is 2. The van der Waals surface area contributed by atoms with E-state index in [0.29, 0.717) is 12.8 Å². The van der Waals surface area contributed by atoms with Crippen molar-refractivity contribution in [1.29, 1.82) is 0 Å². The van der Waals surface area contributed by atoms with Crippen molar-refractivity contribution in [3.63, 3.8) is 0 Å². The summed E-state index contributed by atoms with van der Waals surface area (Å²) in [6.07, 6.45) is 65.5. The molecule has 0 saturated carbocycles. The van der Waals surface area contributed by atoms with Crippen molar-refractivity contribution >= 4 is 61.6 Å². The Labute approximate surface area is 496 Å². The number of esters is 2. The van der Waals surface area contributed by atoms with E-state index in [1.165, 1.54) is 218 Å². The third-order valence-electron chi connectivity index (χ3n) is 15.1. The SMILES string of the molecule is CCCCCCCCCCCCCCC(=O)OC(CCC)CCCCCCCCCCCCCC(=O)[O-].CCCCCCCCCCCCCCC(=O)OC(CCC)CCCCCCCCCCCCCC(=O)[O-].[Ca+2]. The number of carboxylic acid groups (broad SMARTS) is 2. The van der Waals surface area contributed by atoms with Crippen molar-refractivity contribution in [3.05, 3.63) is 0 Å². The number of rotatable bonds is 60. The minimum Gasteiger partial charge on any atom is -0.550 e. The van der Waals surface area contributed by atoms with E-state index in [2.05, 4.69) is 27.7 Å². The molecule has 0 fully saturated rings. The molecule has 0 aromatic carbocycles. The van der Waals surface area contributed by atoms with Gasteiger partial charge in [-0.05, 0) is 77.0 Å². The number of aliphatic carboxylic acids is 2. The van der Waals surface area contributed by atoms with Gasteiger partial charge in [0.15, 0.2) is 0 Å². The van der Waals surface area contributed by atoms with Crippen LogP contribution in [-0.4, -0.2) is 73.8 Å². The summed E-state index contributed by atoms with van der Waals surface area (Å²) in [6.45, 7) is 8.90. The van der Waals surface area contributed by atoms with Gasteiger partial charge in [-0.25, -0.2) is 0 Å². The van der Waals surface area contributed by atoms with Gasteiger partial charge in [0.1, 0.15) is 12.2 Å². The van der Waals surface area contributed by atoms with Crippen LogP contribution in [0.25, 0.3) is 0 Å². The molecule has 0 aliphatic rings. The molecule has 0 heterocycles. The standard InChI is InChI=1S/2C33H64O4.Ca/c2*1-3-5-6-7-8-9-10-14-17-20-23-26-30-33(36)37-31(27-4-2)28-24-21-18-15-12-11-13-16-19-22-25-29-32(34)35;/h2*31H,3-30H2,1-2H3,(H,34,35);/q;;+2/p-2. The number of carboxylic acids is 2. The van der Waals surface area contributed by atoms with Crippen molar-refractivity contribution < 1.29 is 38.9 Å². The average molecular weight is 1090 g/mol. The van der Waals surface area contributed by atoms with Crippen LogP contribution in [0.3, 0.4) is 0 Å². The first-order valence-corrected chi connectivity index (χ1v) is 33.0. The second kappa shape index (κ2) is 67.4. The van der Waals surface area contributed by atoms with Gasteiger partial charge in [-0.2, -0.15) is 0 Å². The van der Waals surface area contributed by atoms with E-state index in [-0.39, 0.29) is 74.7 Å². The molecule has 2 unspecified atom stereocenters. The van der Waals surface area contributed by atoms with Crippen LogP contribution in [0, 0.1) is 0 Å². The van der Waals surface area contributed by atoms with Crippen LogP contribution in [-0.2, 0) is 28.7 Å². The first-order chi connectivity index (χ1) is 36.2. The quantitative estimate of drug-likeness (QED) is 0.0334. The molecule has 0 aliphatic carbocycles. The molecule has 9 heteroatoms. The normalized spacial score (nSPS) is 11.9. The van der Waals surface area contributed by atoms with Gasteiger partial charge < -0.3 is 29.3 Å². The van der Waals surface area contributed by atoms with E-state index in [0.717, 1.165) is 116 Å². The van der Waals surface area contributed by atoms with Gasteiger partial charge in [-0.15, -0.1) is 0 Å². The third kappa shape index (κ3) is 69.2. The molecule has 0 N–H and O–H groups in total. The number of hydrogen-bond acceptors (Lipinski definition) is 8. The molecule has 0 aliphatic heterocycles. The molecule has 440 valence electrons. The molecule has 0 amide bonds. The fourth-order valence-corrected chi connectivity index (χ4v) is 10.3. The summed E-state index contributed by atoms with van der Waals surface area (Å²) in [5.74, 6) is -1.81. The third-order valence-corrected chi connectivity index (χ3v) is 15.1. The summed E-state index contributed by atoms with van der Waals surface area (Å²) in [6, 6.07) is 0. The van der Waals surface area contributed by atoms with Crippen LogP contribution in [0.5, 0.6) is 0 Å². The predicted molar refractivity (Wildman–Crippen MR) is 317 cm³/mol. The summed E-state index contributed by atoms with van der Waals surface area (Å²) in [4.78, 5) is 45.4. The van der Waals surface area contributed by atoms with Crippen molar-refractivity contribution in [2.45, 2.75) is 399 Å². The van der Waals surface area contributed by atoms with E-state index in [1.807, 2.05) is 0 Å². The van der Waals surface area contributed by atoms with Gasteiger partial charge in [-0.1, -0.05) is 297 Å². The zero-order valence-electron chi connectivity index (χ0n) is 50.7. The smallest absolute Gasteiger partial charge is 0.550 e. The van der Waals surface area contributed by atoms with E-state index in [1.54, 1.807) is 0 Å². The summed E-state index contributed by atoms with van der Waals surface area (Å²) >= 11 is 0. The van der Waals surface area contributed by atoms with Gasteiger partial charge in [0.05, 0.1) is 0 Å². The zero-order chi connectivity index (χ0) is 54.5. The summed E-state index contributed by atoms with van der Waals surface area (Å²) < 4.78 is 11.7. The van der Waals surface area contributed by atoms with Crippen molar-refractivity contribution in [2.75, 3.05) is 0 Å². The van der Waals surface area contributed by atoms with Crippen LogP contribution >= 0.6 is 0 Å². The number of carbonyl (C=O) groups is 4. The Morgan fingerprint density at radius 1 is 0.253 bits per heavy atom. The average Bonchev–Trinajstić information content (AvgIpc) is 3.37. The predicted octanol–water partition coefficient (Wildman–Crippen LogP) is 18.8. The van der Waals surface area contributed by atoms with Crippen LogP contribution in [0.2, 0.25) is 0 Å². The van der Waals surface area contributed by atoms with E-state index in [9.17, 15) is 29.4 Å². The van der Waals surface area contributed by atoms with Crippen LogP contribution in [0.15, 0.2) is 0 Å². The molecule has 0 aromatic rings. The van der Waals surface area contributed by atoms with Gasteiger partial charge in [0.2, 0.25) is 0 Å². The van der Waals surface area contributed by atoms with Gasteiger partial charge in [0.25, 0.3) is 0 Å². The minimum atomic E-state index is -0.922. The van der Waals surface area contributed by atoms with E-state index >= 15 is 0 Å². The van der Waals surface area contributed by atoms with Crippen LogP contribution < -0.4 is 10.2 Å². The first kappa shape index (κ1) is 78.4. The first-order valence-electron chi connectivity index (χ1n) is 33.0. The summed E-state index contributed by atoms with van der Waals surface area (Å²) in [5.41, 5.74) is 0. The monoisotopic (exact) mass is 1090 g/mol. The van der Waals surface area contributed by atoms with Gasteiger partial charge in [-0.3, -0.25) is 9.59 Å². The topological polar surface area (TPSA) is 133 Å². The molecule has 8 nitrogen and oxygen atoms in total. The Hall–Kier alpha value is -0.860.